The summed E-state index contributed by atoms with van der Waals surface area (Å²) in [5, 5.41) is 7.32. The number of aromatic nitrogens is 4. The van der Waals surface area contributed by atoms with Crippen LogP contribution >= 0.6 is 0 Å². The molecule has 7 nitrogen and oxygen atoms in total. The number of benzene rings is 1. The van der Waals surface area contributed by atoms with E-state index in [1.807, 2.05) is 32.0 Å². The Morgan fingerprint density at radius 2 is 1.92 bits per heavy atom. The normalized spacial score (nSPS) is 13.5. The topological polar surface area (TPSA) is 81.9 Å². The quantitative estimate of drug-likeness (QED) is 0.763. The Labute approximate surface area is 151 Å². The third-order valence-corrected chi connectivity index (χ3v) is 4.15. The van der Waals surface area contributed by atoms with Crippen molar-refractivity contribution in [2.45, 2.75) is 26.7 Å². The van der Waals surface area contributed by atoms with E-state index in [9.17, 15) is 4.79 Å². The Morgan fingerprint density at radius 1 is 1.15 bits per heavy atom. The molecule has 7 heteroatoms. The van der Waals surface area contributed by atoms with E-state index in [-0.39, 0.29) is 11.8 Å². The average molecular weight is 349 g/mol. The lowest BCUT2D eigenvalue weighted by Gasteiger charge is -2.08. The van der Waals surface area contributed by atoms with Crippen LogP contribution in [0.1, 0.15) is 24.2 Å². The highest BCUT2D eigenvalue weighted by Gasteiger charge is 2.29. The second-order valence-electron chi connectivity index (χ2n) is 6.44. The highest BCUT2D eigenvalue weighted by atomic mass is 16.5. The summed E-state index contributed by atoms with van der Waals surface area (Å²) < 4.78 is 7.55. The van der Waals surface area contributed by atoms with E-state index in [0.717, 1.165) is 29.9 Å². The second kappa shape index (κ2) is 6.59. The van der Waals surface area contributed by atoms with Crippen LogP contribution in [0.3, 0.4) is 0 Å². The molecule has 0 bridgehead atoms. The Morgan fingerprint density at radius 3 is 2.58 bits per heavy atom. The van der Waals surface area contributed by atoms with Crippen LogP contribution in [0.5, 0.6) is 11.6 Å². The molecule has 1 aliphatic carbocycles. The summed E-state index contributed by atoms with van der Waals surface area (Å²) in [6.07, 6.45) is 3.42. The minimum atomic E-state index is 0.0870. The van der Waals surface area contributed by atoms with E-state index in [0.29, 0.717) is 17.4 Å². The highest BCUT2D eigenvalue weighted by Crippen LogP contribution is 2.30. The lowest BCUT2D eigenvalue weighted by Crippen LogP contribution is -2.12. The molecule has 0 saturated heterocycles. The zero-order chi connectivity index (χ0) is 18.1. The van der Waals surface area contributed by atoms with Crippen LogP contribution in [0, 0.1) is 19.8 Å². The first-order valence-electron chi connectivity index (χ1n) is 8.53. The fourth-order valence-electron chi connectivity index (χ4n) is 2.68. The van der Waals surface area contributed by atoms with E-state index in [1.165, 1.54) is 6.33 Å². The monoisotopic (exact) mass is 349 g/mol. The predicted octanol–water partition coefficient (Wildman–Crippen LogP) is 3.42. The van der Waals surface area contributed by atoms with Gasteiger partial charge in [0.15, 0.2) is 5.82 Å². The largest absolute Gasteiger partial charge is 0.439 e. The third kappa shape index (κ3) is 3.56. The average Bonchev–Trinajstić information content (AvgIpc) is 3.42. The van der Waals surface area contributed by atoms with Crippen LogP contribution in [-0.2, 0) is 4.79 Å². The number of rotatable bonds is 5. The minimum Gasteiger partial charge on any atom is -0.439 e. The van der Waals surface area contributed by atoms with E-state index in [4.69, 9.17) is 4.74 Å². The van der Waals surface area contributed by atoms with Gasteiger partial charge in [-0.3, -0.25) is 4.79 Å². The van der Waals surface area contributed by atoms with Crippen molar-refractivity contribution in [1.29, 1.82) is 0 Å². The SMILES string of the molecule is Cc1cc(C)n(-c2cc(Oc3ccc(NC(=O)C4CC4)cc3)ncn2)n1. The molecule has 132 valence electrons. The summed E-state index contributed by atoms with van der Waals surface area (Å²) in [6, 6.07) is 11.0. The maximum absolute atomic E-state index is 11.8. The predicted molar refractivity (Wildman–Crippen MR) is 96.5 cm³/mol. The van der Waals surface area contributed by atoms with Crippen LogP contribution < -0.4 is 10.1 Å². The number of aryl methyl sites for hydroxylation is 2. The van der Waals surface area contributed by atoms with Crippen molar-refractivity contribution in [1.82, 2.24) is 19.7 Å². The van der Waals surface area contributed by atoms with Crippen LogP contribution in [0.25, 0.3) is 5.82 Å². The van der Waals surface area contributed by atoms with Crippen LogP contribution in [-0.4, -0.2) is 25.7 Å². The summed E-state index contributed by atoms with van der Waals surface area (Å²) in [7, 11) is 0. The van der Waals surface area contributed by atoms with Gasteiger partial charge in [0.1, 0.15) is 12.1 Å². The second-order valence-corrected chi connectivity index (χ2v) is 6.44. The van der Waals surface area contributed by atoms with Crippen molar-refractivity contribution in [2.75, 3.05) is 5.32 Å². The molecule has 2 aromatic heterocycles. The Balaban J connectivity index is 1.47. The number of hydrogen-bond acceptors (Lipinski definition) is 5. The Bertz CT molecular complexity index is 945. The molecule has 0 radical (unpaired) electrons. The number of hydrogen-bond donors (Lipinski definition) is 1. The third-order valence-electron chi connectivity index (χ3n) is 4.15. The summed E-state index contributed by atoms with van der Waals surface area (Å²) in [5.41, 5.74) is 2.68. The van der Waals surface area contributed by atoms with Crippen LogP contribution in [0.4, 0.5) is 5.69 Å². The smallest absolute Gasteiger partial charge is 0.227 e. The minimum absolute atomic E-state index is 0.0870. The summed E-state index contributed by atoms with van der Waals surface area (Å²) in [5.74, 6) is 1.97. The zero-order valence-electron chi connectivity index (χ0n) is 14.6. The first-order valence-corrected chi connectivity index (χ1v) is 8.53. The first kappa shape index (κ1) is 16.3. The van der Waals surface area contributed by atoms with Gasteiger partial charge in [-0.25, -0.2) is 14.6 Å². The van der Waals surface area contributed by atoms with Crippen molar-refractivity contribution < 1.29 is 9.53 Å². The fraction of sp³-hybridized carbons (Fsp3) is 0.263. The molecule has 0 atom stereocenters. The molecule has 1 aliphatic rings. The molecule has 0 aliphatic heterocycles. The number of carbonyl (C=O) groups excluding carboxylic acids is 1. The van der Waals surface area contributed by atoms with Gasteiger partial charge < -0.3 is 10.1 Å². The molecule has 2 heterocycles. The number of ether oxygens (including phenoxy) is 1. The van der Waals surface area contributed by atoms with Gasteiger partial charge in [-0.2, -0.15) is 5.10 Å². The molecular formula is C19H19N5O2. The van der Waals surface area contributed by atoms with Gasteiger partial charge in [0.25, 0.3) is 0 Å². The molecule has 0 unspecified atom stereocenters. The molecule has 0 spiro atoms. The molecule has 1 saturated carbocycles. The van der Waals surface area contributed by atoms with Crippen molar-refractivity contribution in [3.8, 4) is 17.4 Å². The maximum Gasteiger partial charge on any atom is 0.227 e. The van der Waals surface area contributed by atoms with E-state index < -0.39 is 0 Å². The van der Waals surface area contributed by atoms with Gasteiger partial charge in [0.2, 0.25) is 11.8 Å². The van der Waals surface area contributed by atoms with Gasteiger partial charge in [-0.1, -0.05) is 0 Å². The maximum atomic E-state index is 11.8. The zero-order valence-corrected chi connectivity index (χ0v) is 14.6. The van der Waals surface area contributed by atoms with Crippen molar-refractivity contribution >= 4 is 11.6 Å². The molecule has 3 aromatic rings. The van der Waals surface area contributed by atoms with E-state index >= 15 is 0 Å². The number of carbonyl (C=O) groups is 1. The van der Waals surface area contributed by atoms with E-state index in [1.54, 1.807) is 22.9 Å². The summed E-state index contributed by atoms with van der Waals surface area (Å²) in [6.45, 7) is 3.91. The summed E-state index contributed by atoms with van der Waals surface area (Å²) >= 11 is 0. The van der Waals surface area contributed by atoms with Gasteiger partial charge in [-0.15, -0.1) is 0 Å². The van der Waals surface area contributed by atoms with Gasteiger partial charge in [-0.05, 0) is 57.0 Å². The first-order chi connectivity index (χ1) is 12.6. The van der Waals surface area contributed by atoms with Crippen LogP contribution in [0.15, 0.2) is 42.7 Å². The lowest BCUT2D eigenvalue weighted by atomic mass is 10.3. The molecular weight excluding hydrogens is 330 g/mol. The highest BCUT2D eigenvalue weighted by molar-refractivity contribution is 5.94. The Kier molecular flexibility index (Phi) is 4.12. The standard InChI is InChI=1S/C19H19N5O2/c1-12-9-13(2)24(23-12)17-10-18(21-11-20-17)26-16-7-5-15(6-8-16)22-19(25)14-3-4-14/h5-11,14H,3-4H2,1-2H3,(H,22,25). The van der Waals surface area contributed by atoms with Crippen LogP contribution in [0.2, 0.25) is 0 Å². The molecule has 1 amide bonds. The van der Waals surface area contributed by atoms with Crippen molar-refractivity contribution in [2.24, 2.45) is 5.92 Å². The van der Waals surface area contributed by atoms with Crippen molar-refractivity contribution in [3.63, 3.8) is 0 Å². The molecule has 1 N–H and O–H groups in total. The number of nitrogens with zero attached hydrogens (tertiary/aromatic N) is 4. The van der Waals surface area contributed by atoms with Gasteiger partial charge >= 0.3 is 0 Å². The number of nitrogens with one attached hydrogen (secondary N) is 1. The van der Waals surface area contributed by atoms with Crippen molar-refractivity contribution in [3.05, 3.63) is 54.1 Å². The van der Waals surface area contributed by atoms with E-state index in [2.05, 4.69) is 20.4 Å². The molecule has 1 fully saturated rings. The summed E-state index contributed by atoms with van der Waals surface area (Å²) in [4.78, 5) is 20.2. The number of amides is 1. The fourth-order valence-corrected chi connectivity index (χ4v) is 2.68. The number of anilines is 1. The van der Waals surface area contributed by atoms with Gasteiger partial charge in [0.05, 0.1) is 5.69 Å². The molecule has 1 aromatic carbocycles. The Hall–Kier alpha value is -3.22. The lowest BCUT2D eigenvalue weighted by molar-refractivity contribution is -0.117. The van der Waals surface area contributed by atoms with Gasteiger partial charge in [0, 0.05) is 23.4 Å². The molecule has 4 rings (SSSR count). The molecule has 26 heavy (non-hydrogen) atoms.